The molecule has 0 N–H and O–H groups in total. The lowest BCUT2D eigenvalue weighted by Crippen LogP contribution is -1.99. The maximum atomic E-state index is 5.73. The number of methoxy groups -OCH3 is 1. The summed E-state index contributed by atoms with van der Waals surface area (Å²) in [6, 6.07) is 12.1. The van der Waals surface area contributed by atoms with Gasteiger partial charge in [0, 0.05) is 6.07 Å². The lowest BCUT2D eigenvalue weighted by Gasteiger charge is -2.11. The quantitative estimate of drug-likeness (QED) is 0.816. The molecule has 0 saturated carbocycles. The van der Waals surface area contributed by atoms with Crippen LogP contribution in [0.5, 0.6) is 23.0 Å². The molecule has 0 unspecified atom stereocenters. The van der Waals surface area contributed by atoms with E-state index in [1.807, 2.05) is 31.2 Å². The number of hydrogen-bond donors (Lipinski definition) is 0. The van der Waals surface area contributed by atoms with Gasteiger partial charge in [-0.15, -0.1) is 0 Å². The van der Waals surface area contributed by atoms with Crippen molar-refractivity contribution in [3.8, 4) is 23.0 Å². The molecule has 2 aromatic rings. The van der Waals surface area contributed by atoms with Gasteiger partial charge in [-0.25, -0.2) is 0 Å². The summed E-state index contributed by atoms with van der Waals surface area (Å²) in [6.45, 7) is 2.90. The number of fused-ring (bicyclic) bond motifs is 1. The van der Waals surface area contributed by atoms with Crippen molar-refractivity contribution in [3.63, 3.8) is 0 Å². The van der Waals surface area contributed by atoms with Gasteiger partial charge in [-0.2, -0.15) is 0 Å². The fourth-order valence-corrected chi connectivity index (χ4v) is 2.52. The maximum absolute atomic E-state index is 5.73. The molecule has 1 aliphatic heterocycles. The molecule has 1 aliphatic rings. The molecule has 0 atom stereocenters. The molecular formula is C18H20O4. The first-order valence-corrected chi connectivity index (χ1v) is 7.48. The highest BCUT2D eigenvalue weighted by Gasteiger charge is 2.17. The third-order valence-corrected chi connectivity index (χ3v) is 3.70. The Balaban J connectivity index is 1.75. The Morgan fingerprint density at radius 3 is 2.41 bits per heavy atom. The van der Waals surface area contributed by atoms with Gasteiger partial charge < -0.3 is 18.9 Å². The second-order valence-electron chi connectivity index (χ2n) is 5.09. The average Bonchev–Trinajstić information content (AvgIpc) is 3.00. The molecule has 116 valence electrons. The van der Waals surface area contributed by atoms with Gasteiger partial charge in [0.2, 0.25) is 6.79 Å². The fraction of sp³-hybridized carbons (Fsp3) is 0.333. The van der Waals surface area contributed by atoms with Crippen LogP contribution in [0, 0.1) is 0 Å². The summed E-state index contributed by atoms with van der Waals surface area (Å²) >= 11 is 0. The van der Waals surface area contributed by atoms with Crippen molar-refractivity contribution < 1.29 is 18.9 Å². The van der Waals surface area contributed by atoms with Gasteiger partial charge in [0.25, 0.3) is 0 Å². The van der Waals surface area contributed by atoms with Crippen LogP contribution in [0.4, 0.5) is 0 Å². The standard InChI is InChI=1S/C18H20O4/c1-3-20-16-11-18-17(21-12-22-18)10-14(16)7-4-13-5-8-15(19-2)9-6-13/h5-6,8-11H,3-4,7,12H2,1-2H3. The summed E-state index contributed by atoms with van der Waals surface area (Å²) in [7, 11) is 1.68. The lowest BCUT2D eigenvalue weighted by molar-refractivity contribution is 0.173. The number of aryl methyl sites for hydroxylation is 2. The van der Waals surface area contributed by atoms with Gasteiger partial charge in [0.15, 0.2) is 11.5 Å². The maximum Gasteiger partial charge on any atom is 0.231 e. The van der Waals surface area contributed by atoms with E-state index in [1.165, 1.54) is 5.56 Å². The van der Waals surface area contributed by atoms with Crippen molar-refractivity contribution in [2.45, 2.75) is 19.8 Å². The minimum atomic E-state index is 0.281. The van der Waals surface area contributed by atoms with E-state index >= 15 is 0 Å². The largest absolute Gasteiger partial charge is 0.497 e. The highest BCUT2D eigenvalue weighted by molar-refractivity contribution is 5.52. The number of benzene rings is 2. The van der Waals surface area contributed by atoms with E-state index in [1.54, 1.807) is 7.11 Å². The summed E-state index contributed by atoms with van der Waals surface area (Å²) < 4.78 is 21.8. The van der Waals surface area contributed by atoms with E-state index in [4.69, 9.17) is 18.9 Å². The molecular weight excluding hydrogens is 280 g/mol. The van der Waals surface area contributed by atoms with Crippen molar-refractivity contribution >= 4 is 0 Å². The number of rotatable bonds is 6. The summed E-state index contributed by atoms with van der Waals surface area (Å²) in [5, 5.41) is 0. The van der Waals surface area contributed by atoms with Gasteiger partial charge in [-0.3, -0.25) is 0 Å². The third-order valence-electron chi connectivity index (χ3n) is 3.70. The van der Waals surface area contributed by atoms with E-state index in [2.05, 4.69) is 12.1 Å². The average molecular weight is 300 g/mol. The predicted octanol–water partition coefficient (Wildman–Crippen LogP) is 3.61. The molecule has 0 bridgehead atoms. The molecule has 4 nitrogen and oxygen atoms in total. The SMILES string of the molecule is CCOc1cc2c(cc1CCc1ccc(OC)cc1)OCO2. The molecule has 2 aromatic carbocycles. The van der Waals surface area contributed by atoms with Gasteiger partial charge in [0.05, 0.1) is 13.7 Å². The molecule has 1 heterocycles. The van der Waals surface area contributed by atoms with E-state index < -0.39 is 0 Å². The number of ether oxygens (including phenoxy) is 4. The van der Waals surface area contributed by atoms with E-state index in [0.29, 0.717) is 6.61 Å². The van der Waals surface area contributed by atoms with Crippen LogP contribution in [-0.4, -0.2) is 20.5 Å². The second-order valence-corrected chi connectivity index (χ2v) is 5.09. The summed E-state index contributed by atoms with van der Waals surface area (Å²) in [5.41, 5.74) is 2.41. The minimum absolute atomic E-state index is 0.281. The first kappa shape index (κ1) is 14.6. The first-order valence-electron chi connectivity index (χ1n) is 7.48. The lowest BCUT2D eigenvalue weighted by atomic mass is 10.0. The molecule has 4 heteroatoms. The summed E-state index contributed by atoms with van der Waals surface area (Å²) in [4.78, 5) is 0. The minimum Gasteiger partial charge on any atom is -0.497 e. The Hall–Kier alpha value is -2.36. The van der Waals surface area contributed by atoms with Gasteiger partial charge in [-0.05, 0) is 49.1 Å². The van der Waals surface area contributed by atoms with Crippen molar-refractivity contribution in [3.05, 3.63) is 47.5 Å². The van der Waals surface area contributed by atoms with Crippen LogP contribution in [0.1, 0.15) is 18.1 Å². The summed E-state index contributed by atoms with van der Waals surface area (Å²) in [6.07, 6.45) is 1.82. The third kappa shape index (κ3) is 3.11. The highest BCUT2D eigenvalue weighted by Crippen LogP contribution is 2.38. The molecule has 0 aromatic heterocycles. The second kappa shape index (κ2) is 6.60. The smallest absolute Gasteiger partial charge is 0.231 e. The Labute approximate surface area is 130 Å². The first-order chi connectivity index (χ1) is 10.8. The van der Waals surface area contributed by atoms with Gasteiger partial charge >= 0.3 is 0 Å². The van der Waals surface area contributed by atoms with Crippen molar-refractivity contribution in [2.75, 3.05) is 20.5 Å². The van der Waals surface area contributed by atoms with Crippen molar-refractivity contribution in [1.29, 1.82) is 0 Å². The Bertz CT molecular complexity index is 634. The normalized spacial score (nSPS) is 12.3. The van der Waals surface area contributed by atoms with E-state index in [0.717, 1.165) is 41.4 Å². The Morgan fingerprint density at radius 1 is 1.00 bits per heavy atom. The number of hydrogen-bond acceptors (Lipinski definition) is 4. The van der Waals surface area contributed by atoms with Crippen LogP contribution >= 0.6 is 0 Å². The van der Waals surface area contributed by atoms with Crippen LogP contribution in [0.25, 0.3) is 0 Å². The van der Waals surface area contributed by atoms with Crippen LogP contribution in [0.3, 0.4) is 0 Å². The molecule has 22 heavy (non-hydrogen) atoms. The zero-order chi connectivity index (χ0) is 15.4. The molecule has 0 aliphatic carbocycles. The van der Waals surface area contributed by atoms with Crippen LogP contribution in [0.15, 0.2) is 36.4 Å². The molecule has 0 amide bonds. The van der Waals surface area contributed by atoms with Crippen LogP contribution in [0.2, 0.25) is 0 Å². The Kier molecular flexibility index (Phi) is 4.37. The summed E-state index contributed by atoms with van der Waals surface area (Å²) in [5.74, 6) is 3.31. The predicted molar refractivity (Wildman–Crippen MR) is 84.1 cm³/mol. The fourth-order valence-electron chi connectivity index (χ4n) is 2.52. The molecule has 0 spiro atoms. The van der Waals surface area contributed by atoms with Crippen molar-refractivity contribution in [2.24, 2.45) is 0 Å². The zero-order valence-electron chi connectivity index (χ0n) is 12.9. The van der Waals surface area contributed by atoms with E-state index in [-0.39, 0.29) is 6.79 Å². The van der Waals surface area contributed by atoms with Crippen molar-refractivity contribution in [1.82, 2.24) is 0 Å². The van der Waals surface area contributed by atoms with E-state index in [9.17, 15) is 0 Å². The monoisotopic (exact) mass is 300 g/mol. The van der Waals surface area contributed by atoms with Crippen LogP contribution in [-0.2, 0) is 12.8 Å². The van der Waals surface area contributed by atoms with Crippen LogP contribution < -0.4 is 18.9 Å². The zero-order valence-corrected chi connectivity index (χ0v) is 12.9. The molecule has 0 saturated heterocycles. The topological polar surface area (TPSA) is 36.9 Å². The molecule has 3 rings (SSSR count). The van der Waals surface area contributed by atoms with Gasteiger partial charge in [-0.1, -0.05) is 12.1 Å². The molecule has 0 radical (unpaired) electrons. The van der Waals surface area contributed by atoms with Gasteiger partial charge in [0.1, 0.15) is 11.5 Å². The highest BCUT2D eigenvalue weighted by atomic mass is 16.7. The Morgan fingerprint density at radius 2 is 1.73 bits per heavy atom. The molecule has 0 fully saturated rings.